The second kappa shape index (κ2) is 9.69. The molecular formula is C24H24N2O4. The van der Waals surface area contributed by atoms with Crippen LogP contribution in [0.4, 0.5) is 0 Å². The van der Waals surface area contributed by atoms with Crippen LogP contribution in [0.15, 0.2) is 72.9 Å². The average molecular weight is 404 g/mol. The zero-order valence-electron chi connectivity index (χ0n) is 16.7. The largest absolute Gasteiger partial charge is 0.493 e. The second-order valence-corrected chi connectivity index (χ2v) is 7.32. The number of benzene rings is 2. The maximum absolute atomic E-state index is 12.6. The normalized spacial score (nSPS) is 12.7. The molecule has 154 valence electrons. The number of aliphatic carboxylic acids is 1. The Hall–Kier alpha value is -3.67. The maximum atomic E-state index is 12.6. The molecule has 1 amide bonds. The van der Waals surface area contributed by atoms with Gasteiger partial charge in [0.2, 0.25) is 5.88 Å². The van der Waals surface area contributed by atoms with Crippen LogP contribution in [0.25, 0.3) is 11.1 Å². The van der Waals surface area contributed by atoms with E-state index in [1.54, 1.807) is 6.92 Å². The monoisotopic (exact) mass is 404 g/mol. The molecule has 0 fully saturated rings. The van der Waals surface area contributed by atoms with Crippen molar-refractivity contribution in [2.45, 2.75) is 25.8 Å². The number of nitrogens with zero attached hydrogens (tertiary/aromatic N) is 1. The van der Waals surface area contributed by atoms with Gasteiger partial charge in [-0.1, -0.05) is 61.5 Å². The van der Waals surface area contributed by atoms with Gasteiger partial charge in [0.25, 0.3) is 5.91 Å². The lowest BCUT2D eigenvalue weighted by Crippen LogP contribution is -2.38. The van der Waals surface area contributed by atoms with Crippen LogP contribution in [0, 0.1) is 5.92 Å². The van der Waals surface area contributed by atoms with Crippen molar-refractivity contribution in [3.63, 3.8) is 0 Å². The lowest BCUT2D eigenvalue weighted by molar-refractivity contribution is -0.141. The van der Waals surface area contributed by atoms with Gasteiger partial charge in [0.1, 0.15) is 0 Å². The summed E-state index contributed by atoms with van der Waals surface area (Å²) in [6, 6.07) is 20.5. The van der Waals surface area contributed by atoms with Crippen molar-refractivity contribution in [1.82, 2.24) is 10.3 Å². The number of carboxylic acids is 1. The molecule has 0 aliphatic heterocycles. The van der Waals surface area contributed by atoms with E-state index in [1.807, 2.05) is 54.6 Å². The Balaban J connectivity index is 1.74. The fraction of sp³-hybridized carbons (Fsp3) is 0.208. The first-order valence-electron chi connectivity index (χ1n) is 9.75. The summed E-state index contributed by atoms with van der Waals surface area (Å²) in [6.07, 6.45) is 2.09. The van der Waals surface area contributed by atoms with Gasteiger partial charge in [-0.2, -0.15) is 0 Å². The van der Waals surface area contributed by atoms with Crippen LogP contribution in [0.3, 0.4) is 0 Å². The number of aromatic hydroxyl groups is 1. The van der Waals surface area contributed by atoms with Crippen molar-refractivity contribution in [2.24, 2.45) is 5.92 Å². The number of carbonyl (C=O) groups excluding carboxylic acids is 1. The van der Waals surface area contributed by atoms with Gasteiger partial charge in [0, 0.05) is 18.3 Å². The molecule has 2 atom stereocenters. The van der Waals surface area contributed by atoms with Gasteiger partial charge in [-0.25, -0.2) is 4.98 Å². The Kier molecular flexibility index (Phi) is 6.80. The fourth-order valence-corrected chi connectivity index (χ4v) is 3.26. The second-order valence-electron chi connectivity index (χ2n) is 7.32. The molecule has 0 saturated carbocycles. The number of hydrogen-bond acceptors (Lipinski definition) is 4. The van der Waals surface area contributed by atoms with Crippen LogP contribution in [-0.4, -0.2) is 33.1 Å². The van der Waals surface area contributed by atoms with Gasteiger partial charge in [-0.05, 0) is 35.6 Å². The van der Waals surface area contributed by atoms with Crippen molar-refractivity contribution in [3.05, 3.63) is 84.1 Å². The van der Waals surface area contributed by atoms with E-state index in [9.17, 15) is 19.8 Å². The Morgan fingerprint density at radius 1 is 0.967 bits per heavy atom. The molecule has 3 rings (SSSR count). The fourth-order valence-electron chi connectivity index (χ4n) is 3.26. The minimum Gasteiger partial charge on any atom is -0.493 e. The molecule has 0 aliphatic rings. The average Bonchev–Trinajstić information content (AvgIpc) is 2.75. The van der Waals surface area contributed by atoms with Crippen LogP contribution in [0.1, 0.15) is 29.3 Å². The SMILES string of the molecule is C[C@H](C[C@@H](Cc1ccc(-c2ccccc2)cc1)NC(=O)c1ccc(O)nc1)C(=O)O. The zero-order valence-corrected chi connectivity index (χ0v) is 16.7. The number of carbonyl (C=O) groups is 2. The van der Waals surface area contributed by atoms with E-state index in [0.717, 1.165) is 16.7 Å². The van der Waals surface area contributed by atoms with Crippen LogP contribution in [0.2, 0.25) is 0 Å². The Labute approximate surface area is 175 Å². The van der Waals surface area contributed by atoms with Crippen molar-refractivity contribution in [1.29, 1.82) is 0 Å². The maximum Gasteiger partial charge on any atom is 0.306 e. The molecular weight excluding hydrogens is 380 g/mol. The number of amides is 1. The third-order valence-electron chi connectivity index (χ3n) is 4.95. The van der Waals surface area contributed by atoms with Crippen LogP contribution >= 0.6 is 0 Å². The smallest absolute Gasteiger partial charge is 0.306 e. The predicted octanol–water partition coefficient (Wildman–Crippen LogP) is 3.91. The van der Waals surface area contributed by atoms with Crippen LogP contribution in [-0.2, 0) is 11.2 Å². The number of carboxylic acid groups (broad SMARTS) is 1. The lowest BCUT2D eigenvalue weighted by atomic mass is 9.94. The molecule has 3 N–H and O–H groups in total. The summed E-state index contributed by atoms with van der Waals surface area (Å²) in [5.41, 5.74) is 3.52. The molecule has 30 heavy (non-hydrogen) atoms. The quantitative estimate of drug-likeness (QED) is 0.529. The van der Waals surface area contributed by atoms with Gasteiger partial charge in [0.05, 0.1) is 11.5 Å². The van der Waals surface area contributed by atoms with E-state index in [0.29, 0.717) is 18.4 Å². The molecule has 0 radical (unpaired) electrons. The van der Waals surface area contributed by atoms with Crippen molar-refractivity contribution >= 4 is 11.9 Å². The summed E-state index contributed by atoms with van der Waals surface area (Å²) >= 11 is 0. The summed E-state index contributed by atoms with van der Waals surface area (Å²) in [4.78, 5) is 27.6. The highest BCUT2D eigenvalue weighted by atomic mass is 16.4. The molecule has 6 nitrogen and oxygen atoms in total. The van der Waals surface area contributed by atoms with Crippen molar-refractivity contribution in [3.8, 4) is 17.0 Å². The van der Waals surface area contributed by atoms with E-state index in [4.69, 9.17) is 0 Å². The highest BCUT2D eigenvalue weighted by Crippen LogP contribution is 2.21. The lowest BCUT2D eigenvalue weighted by Gasteiger charge is -2.21. The van der Waals surface area contributed by atoms with E-state index >= 15 is 0 Å². The summed E-state index contributed by atoms with van der Waals surface area (Å²) < 4.78 is 0. The zero-order chi connectivity index (χ0) is 21.5. The first-order valence-corrected chi connectivity index (χ1v) is 9.75. The highest BCUT2D eigenvalue weighted by molar-refractivity contribution is 5.94. The Morgan fingerprint density at radius 2 is 1.63 bits per heavy atom. The molecule has 6 heteroatoms. The molecule has 2 aromatic carbocycles. The molecule has 1 aromatic heterocycles. The molecule has 0 aliphatic carbocycles. The van der Waals surface area contributed by atoms with Crippen LogP contribution in [0.5, 0.6) is 5.88 Å². The van der Waals surface area contributed by atoms with E-state index < -0.39 is 11.9 Å². The summed E-state index contributed by atoms with van der Waals surface area (Å²) in [5.74, 6) is -2.02. The molecule has 0 saturated heterocycles. The van der Waals surface area contributed by atoms with E-state index in [-0.39, 0.29) is 17.8 Å². The minimum absolute atomic E-state index is 0.166. The third-order valence-corrected chi connectivity index (χ3v) is 4.95. The number of pyridine rings is 1. The van der Waals surface area contributed by atoms with Crippen molar-refractivity contribution in [2.75, 3.05) is 0 Å². The molecule has 0 spiro atoms. The van der Waals surface area contributed by atoms with E-state index in [1.165, 1.54) is 18.3 Å². The Bertz CT molecular complexity index is 986. The minimum atomic E-state index is -0.903. The molecule has 0 bridgehead atoms. The molecule has 0 unspecified atom stereocenters. The molecule has 3 aromatic rings. The number of nitrogens with one attached hydrogen (secondary N) is 1. The topological polar surface area (TPSA) is 99.5 Å². The van der Waals surface area contributed by atoms with Gasteiger partial charge in [-0.15, -0.1) is 0 Å². The van der Waals surface area contributed by atoms with Gasteiger partial charge >= 0.3 is 5.97 Å². The summed E-state index contributed by atoms with van der Waals surface area (Å²) in [6.45, 7) is 1.63. The predicted molar refractivity (Wildman–Crippen MR) is 114 cm³/mol. The standard InChI is InChI=1S/C24H24N2O4/c1-16(24(29)30)13-21(26-23(28)20-11-12-22(27)25-15-20)14-17-7-9-19(10-8-17)18-5-3-2-4-6-18/h2-12,15-16,21H,13-14H2,1H3,(H,25,27)(H,26,28)(H,29,30)/t16-,21+/m1/s1. The summed E-state index contributed by atoms with van der Waals surface area (Å²) in [7, 11) is 0. The first-order chi connectivity index (χ1) is 14.4. The van der Waals surface area contributed by atoms with Gasteiger partial charge < -0.3 is 15.5 Å². The van der Waals surface area contributed by atoms with Gasteiger partial charge in [0.15, 0.2) is 0 Å². The number of aromatic nitrogens is 1. The first kappa shape index (κ1) is 21.0. The molecule has 1 heterocycles. The Morgan fingerprint density at radius 3 is 2.23 bits per heavy atom. The van der Waals surface area contributed by atoms with E-state index in [2.05, 4.69) is 10.3 Å². The third kappa shape index (κ3) is 5.67. The van der Waals surface area contributed by atoms with Crippen molar-refractivity contribution < 1.29 is 19.8 Å². The number of rotatable bonds is 8. The van der Waals surface area contributed by atoms with Gasteiger partial charge in [-0.3, -0.25) is 9.59 Å². The summed E-state index contributed by atoms with van der Waals surface area (Å²) in [5, 5.41) is 21.5. The van der Waals surface area contributed by atoms with Crippen LogP contribution < -0.4 is 5.32 Å². The highest BCUT2D eigenvalue weighted by Gasteiger charge is 2.21. The number of hydrogen-bond donors (Lipinski definition) is 3.